The second-order valence-corrected chi connectivity index (χ2v) is 7.52. The monoisotopic (exact) mass is 437 g/mol. The van der Waals surface area contributed by atoms with E-state index in [1.807, 2.05) is 19.1 Å². The topological polar surface area (TPSA) is 123 Å². The van der Waals surface area contributed by atoms with Crippen molar-refractivity contribution in [3.05, 3.63) is 65.4 Å². The minimum Gasteiger partial charge on any atom is -0.486 e. The molecule has 166 valence electrons. The molecule has 0 spiro atoms. The minimum atomic E-state index is -1.13. The number of ether oxygens (including phenoxy) is 1. The van der Waals surface area contributed by atoms with Gasteiger partial charge in [0.1, 0.15) is 12.4 Å². The van der Waals surface area contributed by atoms with E-state index in [1.165, 1.54) is 18.3 Å². The van der Waals surface area contributed by atoms with Gasteiger partial charge in [0.25, 0.3) is 0 Å². The van der Waals surface area contributed by atoms with E-state index in [1.54, 1.807) is 22.8 Å². The lowest BCUT2D eigenvalue weighted by molar-refractivity contribution is -0.137. The summed E-state index contributed by atoms with van der Waals surface area (Å²) in [5.74, 6) is -2.09. The van der Waals surface area contributed by atoms with Crippen LogP contribution in [0.5, 0.6) is 5.75 Å². The molecule has 3 aromatic rings. The van der Waals surface area contributed by atoms with Crippen molar-refractivity contribution in [2.75, 3.05) is 6.61 Å². The number of carboxylic acids is 2. The van der Waals surface area contributed by atoms with Gasteiger partial charge in [-0.1, -0.05) is 17.7 Å². The van der Waals surface area contributed by atoms with Crippen LogP contribution in [0.15, 0.2) is 48.7 Å². The number of hydrogen-bond acceptors (Lipinski definition) is 5. The van der Waals surface area contributed by atoms with Crippen LogP contribution in [0.25, 0.3) is 10.9 Å². The minimum absolute atomic E-state index is 0.00714. The molecule has 3 rings (SSSR count). The van der Waals surface area contributed by atoms with Gasteiger partial charge in [0.15, 0.2) is 11.6 Å². The predicted octanol–water partition coefficient (Wildman–Crippen LogP) is 3.73. The van der Waals surface area contributed by atoms with Crippen molar-refractivity contribution >= 4 is 34.4 Å². The highest BCUT2D eigenvalue weighted by atomic mass is 16.5. The molecular weight excluding hydrogens is 414 g/mol. The molecule has 0 aliphatic carbocycles. The standard InChI is InChI=1S/C24H23NO7/c1-15-5-8-18(9-6-15)32-14-17(26)12-25-13-20(22(27)3-2-4-23(28)29)19-11-16(24(30)31)7-10-21(19)25/h5-11,13H,2-4,12,14H2,1H3,(H,28,29)(H,30,31). The van der Waals surface area contributed by atoms with Gasteiger partial charge in [0.05, 0.1) is 12.1 Å². The summed E-state index contributed by atoms with van der Waals surface area (Å²) in [5, 5.41) is 18.5. The Kier molecular flexibility index (Phi) is 7.04. The average molecular weight is 437 g/mol. The number of carboxylic acid groups (broad SMARTS) is 2. The van der Waals surface area contributed by atoms with Crippen molar-refractivity contribution in [1.82, 2.24) is 4.57 Å². The number of aromatic nitrogens is 1. The van der Waals surface area contributed by atoms with E-state index < -0.39 is 11.9 Å². The highest BCUT2D eigenvalue weighted by Crippen LogP contribution is 2.25. The van der Waals surface area contributed by atoms with Gasteiger partial charge in [-0.2, -0.15) is 0 Å². The first-order valence-electron chi connectivity index (χ1n) is 10.1. The molecule has 0 bridgehead atoms. The first-order valence-corrected chi connectivity index (χ1v) is 10.1. The van der Waals surface area contributed by atoms with E-state index >= 15 is 0 Å². The van der Waals surface area contributed by atoms with Crippen LogP contribution in [-0.2, 0) is 16.1 Å². The average Bonchev–Trinajstić information content (AvgIpc) is 3.10. The van der Waals surface area contributed by atoms with Crippen molar-refractivity contribution < 1.29 is 34.1 Å². The Morgan fingerprint density at radius 3 is 2.34 bits per heavy atom. The van der Waals surface area contributed by atoms with Gasteiger partial charge in [0, 0.05) is 35.5 Å². The molecule has 2 aromatic carbocycles. The third kappa shape index (κ3) is 5.60. The van der Waals surface area contributed by atoms with E-state index in [0.717, 1.165) is 5.56 Å². The van der Waals surface area contributed by atoms with Gasteiger partial charge >= 0.3 is 11.9 Å². The quantitative estimate of drug-likeness (QED) is 0.438. The molecule has 1 heterocycles. The lowest BCUT2D eigenvalue weighted by Crippen LogP contribution is -2.17. The number of ketones is 2. The number of rotatable bonds is 11. The number of aromatic carboxylic acids is 1. The van der Waals surface area contributed by atoms with Crippen LogP contribution in [-0.4, -0.2) is 44.9 Å². The van der Waals surface area contributed by atoms with Gasteiger partial charge in [-0.3, -0.25) is 14.4 Å². The molecule has 0 radical (unpaired) electrons. The normalized spacial score (nSPS) is 10.8. The van der Waals surface area contributed by atoms with Gasteiger partial charge < -0.3 is 19.5 Å². The molecule has 2 N–H and O–H groups in total. The van der Waals surface area contributed by atoms with Crippen molar-refractivity contribution in [2.24, 2.45) is 0 Å². The van der Waals surface area contributed by atoms with Crippen LogP contribution in [0.3, 0.4) is 0 Å². The van der Waals surface area contributed by atoms with Crippen LogP contribution in [0, 0.1) is 6.92 Å². The third-order valence-corrected chi connectivity index (χ3v) is 4.99. The lowest BCUT2D eigenvalue weighted by Gasteiger charge is -2.08. The highest BCUT2D eigenvalue weighted by Gasteiger charge is 2.18. The van der Waals surface area contributed by atoms with Crippen LogP contribution in [0.2, 0.25) is 0 Å². The first kappa shape index (κ1) is 22.7. The maximum absolute atomic E-state index is 12.7. The van der Waals surface area contributed by atoms with Crippen molar-refractivity contribution in [3.8, 4) is 5.75 Å². The third-order valence-electron chi connectivity index (χ3n) is 4.99. The van der Waals surface area contributed by atoms with Crippen LogP contribution < -0.4 is 4.74 Å². The molecule has 0 unspecified atom stereocenters. The second kappa shape index (κ2) is 9.91. The Hall–Kier alpha value is -3.94. The van der Waals surface area contributed by atoms with E-state index in [0.29, 0.717) is 16.7 Å². The van der Waals surface area contributed by atoms with Crippen molar-refractivity contribution in [1.29, 1.82) is 0 Å². The van der Waals surface area contributed by atoms with Crippen molar-refractivity contribution in [3.63, 3.8) is 0 Å². The fourth-order valence-electron chi connectivity index (χ4n) is 3.35. The summed E-state index contributed by atoms with van der Waals surface area (Å²) < 4.78 is 7.11. The predicted molar refractivity (Wildman–Crippen MR) is 116 cm³/mol. The molecule has 0 amide bonds. The zero-order valence-corrected chi connectivity index (χ0v) is 17.5. The Labute approximate surface area is 184 Å². The number of aryl methyl sites for hydroxylation is 1. The summed E-state index contributed by atoms with van der Waals surface area (Å²) >= 11 is 0. The van der Waals surface area contributed by atoms with E-state index in [-0.39, 0.29) is 55.1 Å². The Morgan fingerprint density at radius 1 is 0.969 bits per heavy atom. The Balaban J connectivity index is 1.81. The van der Waals surface area contributed by atoms with E-state index in [4.69, 9.17) is 9.84 Å². The number of hydrogen-bond donors (Lipinski definition) is 2. The molecule has 0 aliphatic rings. The first-order chi connectivity index (χ1) is 15.2. The van der Waals surface area contributed by atoms with Gasteiger partial charge in [-0.25, -0.2) is 4.79 Å². The molecule has 8 heteroatoms. The molecule has 1 aromatic heterocycles. The van der Waals surface area contributed by atoms with Gasteiger partial charge in [-0.05, 0) is 43.7 Å². The number of Topliss-reactive ketones (excluding diaryl/α,β-unsaturated/α-hetero) is 2. The van der Waals surface area contributed by atoms with Crippen molar-refractivity contribution in [2.45, 2.75) is 32.7 Å². The molecule has 0 fully saturated rings. The maximum Gasteiger partial charge on any atom is 0.335 e. The number of benzene rings is 2. The zero-order chi connectivity index (χ0) is 23.3. The summed E-state index contributed by atoms with van der Waals surface area (Å²) in [4.78, 5) is 47.3. The maximum atomic E-state index is 12.7. The molecular formula is C24H23NO7. The Morgan fingerprint density at radius 2 is 1.69 bits per heavy atom. The molecule has 8 nitrogen and oxygen atoms in total. The SMILES string of the molecule is Cc1ccc(OCC(=O)Cn2cc(C(=O)CCCC(=O)O)c3cc(C(=O)O)ccc32)cc1. The lowest BCUT2D eigenvalue weighted by atomic mass is 10.0. The second-order valence-electron chi connectivity index (χ2n) is 7.52. The number of fused-ring (bicyclic) bond motifs is 1. The molecule has 0 atom stereocenters. The van der Waals surface area contributed by atoms with Gasteiger partial charge in [0.2, 0.25) is 0 Å². The summed E-state index contributed by atoms with van der Waals surface area (Å²) in [7, 11) is 0. The number of aliphatic carboxylic acids is 1. The molecule has 0 aliphatic heterocycles. The smallest absolute Gasteiger partial charge is 0.335 e. The fourth-order valence-corrected chi connectivity index (χ4v) is 3.35. The van der Waals surface area contributed by atoms with Gasteiger partial charge in [-0.15, -0.1) is 0 Å². The molecule has 0 saturated carbocycles. The largest absolute Gasteiger partial charge is 0.486 e. The summed E-state index contributed by atoms with van der Waals surface area (Å²) in [6.07, 6.45) is 1.55. The summed E-state index contributed by atoms with van der Waals surface area (Å²) in [5.41, 5.74) is 1.90. The van der Waals surface area contributed by atoms with Crippen LogP contribution in [0.4, 0.5) is 0 Å². The number of carbonyl (C=O) groups is 4. The number of nitrogens with zero attached hydrogens (tertiary/aromatic N) is 1. The Bertz CT molecular complexity index is 1180. The molecule has 32 heavy (non-hydrogen) atoms. The highest BCUT2D eigenvalue weighted by molar-refractivity contribution is 6.09. The van der Waals surface area contributed by atoms with Crippen LogP contribution >= 0.6 is 0 Å². The van der Waals surface area contributed by atoms with E-state index in [2.05, 4.69) is 0 Å². The van der Waals surface area contributed by atoms with E-state index in [9.17, 15) is 24.3 Å². The fraction of sp³-hybridized carbons (Fsp3) is 0.250. The summed E-state index contributed by atoms with van der Waals surface area (Å²) in [6.45, 7) is 1.73. The van der Waals surface area contributed by atoms with Crippen LogP contribution in [0.1, 0.15) is 45.5 Å². The summed E-state index contributed by atoms with van der Waals surface area (Å²) in [6, 6.07) is 11.7. The molecule has 0 saturated heterocycles. The number of carbonyl (C=O) groups excluding carboxylic acids is 2. The zero-order valence-electron chi connectivity index (χ0n) is 17.5.